The van der Waals surface area contributed by atoms with E-state index in [0.29, 0.717) is 16.0 Å². The summed E-state index contributed by atoms with van der Waals surface area (Å²) < 4.78 is 5.53. The highest BCUT2D eigenvalue weighted by molar-refractivity contribution is 6.37. The SMILES string of the molecule is CC1=CC(C)(C)Nc2ccc3c(c21)c(=O)oc1cccc(Cl)c13. The van der Waals surface area contributed by atoms with E-state index < -0.39 is 0 Å². The van der Waals surface area contributed by atoms with Crippen LogP contribution in [0.2, 0.25) is 5.02 Å². The van der Waals surface area contributed by atoms with Crippen molar-refractivity contribution in [3.05, 3.63) is 57.4 Å². The number of allylic oxidation sites excluding steroid dienone is 1. The van der Waals surface area contributed by atoms with Gasteiger partial charge in [0, 0.05) is 22.0 Å². The van der Waals surface area contributed by atoms with Crippen molar-refractivity contribution in [1.29, 1.82) is 0 Å². The molecule has 1 N–H and O–H groups in total. The topological polar surface area (TPSA) is 42.2 Å². The first-order chi connectivity index (χ1) is 10.9. The van der Waals surface area contributed by atoms with E-state index in [1.807, 2.05) is 25.1 Å². The molecular weight excluding hydrogens is 310 g/mol. The highest BCUT2D eigenvalue weighted by Gasteiger charge is 2.26. The summed E-state index contributed by atoms with van der Waals surface area (Å²) in [6.45, 7) is 6.23. The molecule has 3 aromatic rings. The van der Waals surface area contributed by atoms with Gasteiger partial charge >= 0.3 is 5.63 Å². The second kappa shape index (κ2) is 4.62. The lowest BCUT2D eigenvalue weighted by atomic mass is 9.88. The lowest BCUT2D eigenvalue weighted by Crippen LogP contribution is -2.31. The fourth-order valence-corrected chi connectivity index (χ4v) is 3.80. The van der Waals surface area contributed by atoms with Crippen molar-refractivity contribution in [1.82, 2.24) is 0 Å². The van der Waals surface area contributed by atoms with Crippen LogP contribution in [0.15, 0.2) is 45.6 Å². The predicted octanol–water partition coefficient (Wildman–Crippen LogP) is 5.21. The largest absolute Gasteiger partial charge is 0.422 e. The van der Waals surface area contributed by atoms with Crippen molar-refractivity contribution < 1.29 is 4.42 Å². The number of hydrogen-bond donors (Lipinski definition) is 1. The standard InChI is InChI=1S/C19H16ClNO2/c1-10-9-19(2,3)21-13-8-7-11-16-12(20)5-4-6-14(16)23-18(22)17(11)15(10)13/h4-9,21H,1-3H3. The van der Waals surface area contributed by atoms with Gasteiger partial charge < -0.3 is 9.73 Å². The Morgan fingerprint density at radius 1 is 1.13 bits per heavy atom. The van der Waals surface area contributed by atoms with Gasteiger partial charge in [-0.25, -0.2) is 4.79 Å². The predicted molar refractivity (Wildman–Crippen MR) is 96.4 cm³/mol. The van der Waals surface area contributed by atoms with E-state index in [9.17, 15) is 4.79 Å². The molecule has 0 radical (unpaired) electrons. The molecule has 1 aliphatic rings. The zero-order valence-corrected chi connectivity index (χ0v) is 13.9. The average Bonchev–Trinajstić information content (AvgIpc) is 2.45. The van der Waals surface area contributed by atoms with Crippen molar-refractivity contribution in [3.63, 3.8) is 0 Å². The molecule has 0 saturated heterocycles. The lowest BCUT2D eigenvalue weighted by Gasteiger charge is -2.32. The van der Waals surface area contributed by atoms with E-state index in [1.54, 1.807) is 12.1 Å². The van der Waals surface area contributed by atoms with Gasteiger partial charge in [-0.15, -0.1) is 0 Å². The van der Waals surface area contributed by atoms with E-state index in [2.05, 4.69) is 25.2 Å². The number of hydrogen-bond acceptors (Lipinski definition) is 3. The Morgan fingerprint density at radius 3 is 2.70 bits per heavy atom. The summed E-state index contributed by atoms with van der Waals surface area (Å²) in [7, 11) is 0. The molecule has 0 atom stereocenters. The van der Waals surface area contributed by atoms with Gasteiger partial charge in [-0.2, -0.15) is 0 Å². The smallest absolute Gasteiger partial charge is 0.344 e. The Hall–Kier alpha value is -2.26. The number of anilines is 1. The van der Waals surface area contributed by atoms with E-state index in [-0.39, 0.29) is 11.2 Å². The van der Waals surface area contributed by atoms with Crippen molar-refractivity contribution in [2.75, 3.05) is 5.32 Å². The Kier molecular flexibility index (Phi) is 2.88. The van der Waals surface area contributed by atoms with Crippen molar-refractivity contribution >= 4 is 44.6 Å². The van der Waals surface area contributed by atoms with Gasteiger partial charge in [-0.1, -0.05) is 29.8 Å². The first-order valence-corrected chi connectivity index (χ1v) is 7.91. The molecule has 0 spiro atoms. The number of benzene rings is 2. The van der Waals surface area contributed by atoms with Crippen molar-refractivity contribution in [2.24, 2.45) is 0 Å². The van der Waals surface area contributed by atoms with Crippen molar-refractivity contribution in [3.8, 4) is 0 Å². The maximum atomic E-state index is 12.6. The lowest BCUT2D eigenvalue weighted by molar-refractivity contribution is 0.569. The van der Waals surface area contributed by atoms with Crippen LogP contribution in [0.4, 0.5) is 5.69 Å². The second-order valence-corrected chi connectivity index (χ2v) is 6.99. The summed E-state index contributed by atoms with van der Waals surface area (Å²) in [4.78, 5) is 12.6. The van der Waals surface area contributed by atoms with Crippen LogP contribution in [0.3, 0.4) is 0 Å². The quantitative estimate of drug-likeness (QED) is 0.456. The maximum absolute atomic E-state index is 12.6. The Bertz CT molecular complexity index is 1060. The molecule has 23 heavy (non-hydrogen) atoms. The van der Waals surface area contributed by atoms with E-state index in [0.717, 1.165) is 27.6 Å². The van der Waals surface area contributed by atoms with Crippen LogP contribution >= 0.6 is 11.6 Å². The second-order valence-electron chi connectivity index (χ2n) is 6.59. The van der Waals surface area contributed by atoms with E-state index >= 15 is 0 Å². The number of fused-ring (bicyclic) bond motifs is 5. The minimum absolute atomic E-state index is 0.153. The fraction of sp³-hybridized carbons (Fsp3) is 0.211. The molecule has 0 amide bonds. The van der Waals surface area contributed by atoms with Crippen LogP contribution in [0.1, 0.15) is 26.3 Å². The van der Waals surface area contributed by atoms with Crippen LogP contribution in [-0.2, 0) is 0 Å². The van der Waals surface area contributed by atoms with Gasteiger partial charge in [0.25, 0.3) is 0 Å². The zero-order valence-electron chi connectivity index (χ0n) is 13.2. The van der Waals surface area contributed by atoms with E-state index in [1.165, 1.54) is 0 Å². The molecule has 1 aliphatic heterocycles. The molecule has 4 heteroatoms. The van der Waals surface area contributed by atoms with Crippen molar-refractivity contribution in [2.45, 2.75) is 26.3 Å². The summed E-state index contributed by atoms with van der Waals surface area (Å²) >= 11 is 6.36. The minimum atomic E-state index is -0.333. The molecule has 0 saturated carbocycles. The first kappa shape index (κ1) is 14.3. The van der Waals surface area contributed by atoms with Gasteiger partial charge in [0.2, 0.25) is 0 Å². The average molecular weight is 326 g/mol. The Labute approximate surface area is 138 Å². The van der Waals surface area contributed by atoms with Crippen LogP contribution in [0.5, 0.6) is 0 Å². The fourth-order valence-electron chi connectivity index (χ4n) is 3.54. The van der Waals surface area contributed by atoms with Gasteiger partial charge in [-0.3, -0.25) is 0 Å². The molecule has 0 fully saturated rings. The first-order valence-electron chi connectivity index (χ1n) is 7.53. The normalized spacial score (nSPS) is 16.1. The third kappa shape index (κ3) is 2.07. The molecule has 4 rings (SSSR count). The van der Waals surface area contributed by atoms with Crippen LogP contribution in [-0.4, -0.2) is 5.54 Å². The molecule has 3 nitrogen and oxygen atoms in total. The highest BCUT2D eigenvalue weighted by Crippen LogP contribution is 2.40. The molecule has 1 aromatic heterocycles. The monoisotopic (exact) mass is 325 g/mol. The molecular formula is C19H16ClNO2. The summed E-state index contributed by atoms with van der Waals surface area (Å²) in [6.07, 6.45) is 2.13. The summed E-state index contributed by atoms with van der Waals surface area (Å²) in [6, 6.07) is 9.32. The number of rotatable bonds is 0. The molecule has 0 aliphatic carbocycles. The third-order valence-corrected chi connectivity index (χ3v) is 4.60. The zero-order chi connectivity index (χ0) is 16.4. The summed E-state index contributed by atoms with van der Waals surface area (Å²) in [5.41, 5.74) is 2.94. The maximum Gasteiger partial charge on any atom is 0.344 e. The summed E-state index contributed by atoms with van der Waals surface area (Å²) in [5.74, 6) is 0. The van der Waals surface area contributed by atoms with E-state index in [4.69, 9.17) is 16.0 Å². The Balaban J connectivity index is 2.23. The van der Waals surface area contributed by atoms with Crippen LogP contribution < -0.4 is 10.9 Å². The van der Waals surface area contributed by atoms with Crippen LogP contribution in [0, 0.1) is 0 Å². The van der Waals surface area contributed by atoms with Gasteiger partial charge in [0.1, 0.15) is 5.58 Å². The highest BCUT2D eigenvalue weighted by atomic mass is 35.5. The van der Waals surface area contributed by atoms with Gasteiger partial charge in [0.05, 0.1) is 15.9 Å². The minimum Gasteiger partial charge on any atom is -0.422 e. The van der Waals surface area contributed by atoms with Crippen LogP contribution in [0.25, 0.3) is 27.3 Å². The molecule has 2 aromatic carbocycles. The number of nitrogens with one attached hydrogen (secondary N) is 1. The molecule has 116 valence electrons. The van der Waals surface area contributed by atoms with Gasteiger partial charge in [-0.05, 0) is 44.5 Å². The molecule has 0 bridgehead atoms. The number of halogens is 1. The Morgan fingerprint density at radius 2 is 1.91 bits per heavy atom. The van der Waals surface area contributed by atoms with Gasteiger partial charge in [0.15, 0.2) is 0 Å². The third-order valence-electron chi connectivity index (χ3n) is 4.29. The summed E-state index contributed by atoms with van der Waals surface area (Å²) in [5, 5.41) is 6.24. The molecule has 0 unspecified atom stereocenters. The molecule has 2 heterocycles.